The van der Waals surface area contributed by atoms with Crippen LogP contribution in [-0.2, 0) is 17.6 Å². The van der Waals surface area contributed by atoms with Crippen LogP contribution in [0, 0.1) is 12.8 Å². The van der Waals surface area contributed by atoms with Gasteiger partial charge in [0.2, 0.25) is 5.91 Å². The standard InChI is InChI=1S/C26H31N5O2S2/c1-15-6-10-18(11-7-15)31-25(33)23-19-4-2-3-5-21(19)35-24(23)29-26(31)34-14-22(32)28-17-9-8-16-13-27-30-20(16)12-17/h6-7,10-11,16-17,20,27,30H,2-5,8-9,12-14H2,1H3,(H,28,32). The van der Waals surface area contributed by atoms with Crippen molar-refractivity contribution in [2.75, 3.05) is 12.3 Å². The minimum atomic E-state index is -0.0145. The lowest BCUT2D eigenvalue weighted by molar-refractivity contribution is -0.119. The maximum atomic E-state index is 13.8. The molecule has 0 spiro atoms. The van der Waals surface area contributed by atoms with Crippen molar-refractivity contribution in [3.8, 4) is 5.69 Å². The van der Waals surface area contributed by atoms with E-state index in [-0.39, 0.29) is 23.3 Å². The predicted octanol–water partition coefficient (Wildman–Crippen LogP) is 3.49. The molecule has 3 aromatic rings. The van der Waals surface area contributed by atoms with Crippen molar-refractivity contribution in [3.63, 3.8) is 0 Å². The smallest absolute Gasteiger partial charge is 0.267 e. The lowest BCUT2D eigenvalue weighted by Crippen LogP contribution is -2.45. The molecule has 3 atom stereocenters. The molecule has 3 aliphatic rings. The van der Waals surface area contributed by atoms with Crippen molar-refractivity contribution in [3.05, 3.63) is 50.6 Å². The molecule has 9 heteroatoms. The monoisotopic (exact) mass is 509 g/mol. The van der Waals surface area contributed by atoms with Gasteiger partial charge >= 0.3 is 0 Å². The molecule has 1 saturated carbocycles. The van der Waals surface area contributed by atoms with Crippen molar-refractivity contribution in [2.45, 2.75) is 69.1 Å². The Kier molecular flexibility index (Phi) is 6.43. The predicted molar refractivity (Wildman–Crippen MR) is 142 cm³/mol. The van der Waals surface area contributed by atoms with Crippen LogP contribution in [0.25, 0.3) is 15.9 Å². The van der Waals surface area contributed by atoms with Crippen LogP contribution in [0.2, 0.25) is 0 Å². The summed E-state index contributed by atoms with van der Waals surface area (Å²) in [4.78, 5) is 33.8. The first kappa shape index (κ1) is 23.2. The van der Waals surface area contributed by atoms with Crippen LogP contribution in [0.3, 0.4) is 0 Å². The summed E-state index contributed by atoms with van der Waals surface area (Å²) in [5, 5.41) is 4.58. The summed E-state index contributed by atoms with van der Waals surface area (Å²) in [5.41, 5.74) is 9.69. The average Bonchev–Trinajstić information content (AvgIpc) is 3.47. The maximum absolute atomic E-state index is 13.8. The summed E-state index contributed by atoms with van der Waals surface area (Å²) < 4.78 is 1.71. The zero-order valence-corrected chi connectivity index (χ0v) is 21.6. The number of thioether (sulfide) groups is 1. The lowest BCUT2D eigenvalue weighted by atomic mass is 9.83. The van der Waals surface area contributed by atoms with E-state index < -0.39 is 0 Å². The van der Waals surface area contributed by atoms with E-state index in [1.165, 1.54) is 28.6 Å². The van der Waals surface area contributed by atoms with Gasteiger partial charge < -0.3 is 5.32 Å². The Morgan fingerprint density at radius 1 is 1.23 bits per heavy atom. The minimum Gasteiger partial charge on any atom is -0.353 e. The number of thiophene rings is 1. The molecule has 1 amide bonds. The highest BCUT2D eigenvalue weighted by Crippen LogP contribution is 2.35. The van der Waals surface area contributed by atoms with Crippen molar-refractivity contribution in [2.24, 2.45) is 5.92 Å². The van der Waals surface area contributed by atoms with Crippen LogP contribution in [0.5, 0.6) is 0 Å². The molecule has 1 saturated heterocycles. The van der Waals surface area contributed by atoms with Crippen molar-refractivity contribution in [1.29, 1.82) is 0 Å². The van der Waals surface area contributed by atoms with Gasteiger partial charge in [-0.2, -0.15) is 0 Å². The number of rotatable bonds is 5. The number of hydrogen-bond donors (Lipinski definition) is 3. The first-order valence-corrected chi connectivity index (χ1v) is 14.4. The van der Waals surface area contributed by atoms with Crippen molar-refractivity contribution >= 4 is 39.2 Å². The average molecular weight is 510 g/mol. The van der Waals surface area contributed by atoms with Crippen LogP contribution in [0.15, 0.2) is 34.2 Å². The molecule has 2 aromatic heterocycles. The van der Waals surface area contributed by atoms with Gasteiger partial charge in [0.05, 0.1) is 16.8 Å². The van der Waals surface area contributed by atoms with Gasteiger partial charge in [-0.05, 0) is 75.5 Å². The van der Waals surface area contributed by atoms with E-state index in [0.29, 0.717) is 17.1 Å². The Morgan fingerprint density at radius 3 is 2.91 bits per heavy atom. The fourth-order valence-corrected chi connectivity index (χ4v) is 7.84. The second kappa shape index (κ2) is 9.69. The van der Waals surface area contributed by atoms with Crippen LogP contribution >= 0.6 is 23.1 Å². The molecule has 3 N–H and O–H groups in total. The van der Waals surface area contributed by atoms with Gasteiger partial charge in [-0.3, -0.25) is 25.0 Å². The van der Waals surface area contributed by atoms with E-state index in [1.807, 2.05) is 31.2 Å². The topological polar surface area (TPSA) is 88.1 Å². The second-order valence-corrected chi connectivity index (χ2v) is 12.0. The third-order valence-electron chi connectivity index (χ3n) is 7.59. The largest absolute Gasteiger partial charge is 0.353 e. The molecule has 1 aromatic carbocycles. The number of carbonyl (C=O) groups excluding carboxylic acids is 1. The highest BCUT2D eigenvalue weighted by atomic mass is 32.2. The summed E-state index contributed by atoms with van der Waals surface area (Å²) in [6.45, 7) is 3.05. The lowest BCUT2D eigenvalue weighted by Gasteiger charge is -2.31. The summed E-state index contributed by atoms with van der Waals surface area (Å²) in [6.07, 6.45) is 7.35. The molecule has 0 radical (unpaired) electrons. The number of benzene rings is 1. The number of nitrogens with one attached hydrogen (secondary N) is 3. The van der Waals surface area contributed by atoms with Gasteiger partial charge in [0.25, 0.3) is 5.56 Å². The summed E-state index contributed by atoms with van der Waals surface area (Å²) in [5.74, 6) is 0.902. The highest BCUT2D eigenvalue weighted by molar-refractivity contribution is 7.99. The SMILES string of the molecule is Cc1ccc(-n2c(SCC(=O)NC3CCC4CNNC4C3)nc3sc4c(c3c2=O)CCCC4)cc1. The Labute approximate surface area is 213 Å². The third-order valence-corrected chi connectivity index (χ3v) is 9.72. The van der Waals surface area contributed by atoms with E-state index in [2.05, 4.69) is 16.2 Å². The van der Waals surface area contributed by atoms with E-state index in [0.717, 1.165) is 66.5 Å². The highest BCUT2D eigenvalue weighted by Gasteiger charge is 2.34. The number of hydrazine groups is 1. The van der Waals surface area contributed by atoms with Gasteiger partial charge in [-0.15, -0.1) is 11.3 Å². The number of amides is 1. The fourth-order valence-electron chi connectivity index (χ4n) is 5.71. The summed E-state index contributed by atoms with van der Waals surface area (Å²) >= 11 is 3.01. The van der Waals surface area contributed by atoms with Crippen molar-refractivity contribution in [1.82, 2.24) is 25.7 Å². The Balaban J connectivity index is 1.27. The maximum Gasteiger partial charge on any atom is 0.267 e. The van der Waals surface area contributed by atoms with E-state index >= 15 is 0 Å². The summed E-state index contributed by atoms with van der Waals surface area (Å²) in [7, 11) is 0. The van der Waals surface area contributed by atoms with Crippen LogP contribution in [0.4, 0.5) is 0 Å². The molecule has 7 nitrogen and oxygen atoms in total. The number of aryl methyl sites for hydroxylation is 3. The normalized spacial score (nSPS) is 23.7. The number of carbonyl (C=O) groups is 1. The molecule has 184 valence electrons. The molecule has 1 aliphatic heterocycles. The Hall–Kier alpha value is -2.20. The molecular formula is C26H31N5O2S2. The zero-order chi connectivity index (χ0) is 23.9. The molecule has 3 unspecified atom stereocenters. The van der Waals surface area contributed by atoms with Gasteiger partial charge in [-0.1, -0.05) is 29.5 Å². The van der Waals surface area contributed by atoms with Crippen molar-refractivity contribution < 1.29 is 4.79 Å². The number of nitrogens with zero attached hydrogens (tertiary/aromatic N) is 2. The van der Waals surface area contributed by atoms with Crippen LogP contribution < -0.4 is 21.7 Å². The third kappa shape index (κ3) is 4.55. The molecule has 2 aliphatic carbocycles. The van der Waals surface area contributed by atoms with Crippen LogP contribution in [0.1, 0.15) is 48.1 Å². The van der Waals surface area contributed by atoms with Gasteiger partial charge in [-0.25, -0.2) is 4.98 Å². The Morgan fingerprint density at radius 2 is 2.06 bits per heavy atom. The van der Waals surface area contributed by atoms with E-state index in [1.54, 1.807) is 15.9 Å². The molecule has 35 heavy (non-hydrogen) atoms. The second-order valence-electron chi connectivity index (χ2n) is 10.0. The number of aromatic nitrogens is 2. The fraction of sp³-hybridized carbons (Fsp3) is 0.500. The summed E-state index contributed by atoms with van der Waals surface area (Å²) in [6, 6.07) is 8.58. The minimum absolute atomic E-state index is 0.000294. The molecule has 2 fully saturated rings. The molecule has 6 rings (SSSR count). The van der Waals surface area contributed by atoms with Gasteiger partial charge in [0.1, 0.15) is 4.83 Å². The zero-order valence-electron chi connectivity index (χ0n) is 19.9. The van der Waals surface area contributed by atoms with Crippen LogP contribution in [-0.4, -0.2) is 39.8 Å². The molecule has 3 heterocycles. The van der Waals surface area contributed by atoms with E-state index in [4.69, 9.17) is 4.98 Å². The van der Waals surface area contributed by atoms with E-state index in [9.17, 15) is 9.59 Å². The first-order chi connectivity index (χ1) is 17.1. The van der Waals surface area contributed by atoms with Gasteiger partial charge in [0, 0.05) is 23.5 Å². The van der Waals surface area contributed by atoms with Gasteiger partial charge in [0.15, 0.2) is 5.16 Å². The molecule has 0 bridgehead atoms. The molecular weight excluding hydrogens is 478 g/mol. The Bertz CT molecular complexity index is 1320. The number of hydrogen-bond acceptors (Lipinski definition) is 7. The quantitative estimate of drug-likeness (QED) is 0.361. The first-order valence-electron chi connectivity index (χ1n) is 12.6. The number of fused-ring (bicyclic) bond motifs is 4.